The number of hydrogen-bond acceptors (Lipinski definition) is 2. The summed E-state index contributed by atoms with van der Waals surface area (Å²) in [6.07, 6.45) is 1.69. The molecule has 3 heteroatoms. The Labute approximate surface area is 66.2 Å². The monoisotopic (exact) mass is 154 g/mol. The maximum Gasteiger partial charge on any atom is 0.193 e. The van der Waals surface area contributed by atoms with Gasteiger partial charge in [0.05, 0.1) is 0 Å². The standard InChI is InChI=1S/C8H14N2O/c1-5(2)7(9)6-3-4-10-8(6)11/h3-5,7,10-11H,9H2,1-2H3/t7-/m1/s1. The molecule has 1 aromatic heterocycles. The summed E-state index contributed by atoms with van der Waals surface area (Å²) >= 11 is 0. The van der Waals surface area contributed by atoms with Crippen molar-refractivity contribution in [3.05, 3.63) is 17.8 Å². The average Bonchev–Trinajstić information content (AvgIpc) is 2.33. The minimum Gasteiger partial charge on any atom is -0.494 e. The fraction of sp³-hybridized carbons (Fsp3) is 0.500. The minimum atomic E-state index is -0.0822. The molecule has 0 fully saturated rings. The molecule has 0 aliphatic heterocycles. The Bertz CT molecular complexity index is 230. The average molecular weight is 154 g/mol. The Morgan fingerprint density at radius 1 is 1.55 bits per heavy atom. The van der Waals surface area contributed by atoms with Crippen molar-refractivity contribution in [3.8, 4) is 5.88 Å². The van der Waals surface area contributed by atoms with Gasteiger partial charge in [-0.05, 0) is 12.0 Å². The molecule has 1 heterocycles. The molecule has 11 heavy (non-hydrogen) atoms. The molecule has 1 atom stereocenters. The molecule has 0 amide bonds. The third-order valence-electron chi connectivity index (χ3n) is 1.83. The van der Waals surface area contributed by atoms with Crippen LogP contribution in [0.1, 0.15) is 25.5 Å². The SMILES string of the molecule is CC(C)[C@@H](N)c1cc[nH]c1O. The summed E-state index contributed by atoms with van der Waals surface area (Å²) in [6.45, 7) is 4.05. The Hall–Kier alpha value is -0.960. The van der Waals surface area contributed by atoms with Crippen LogP contribution < -0.4 is 5.73 Å². The summed E-state index contributed by atoms with van der Waals surface area (Å²) in [5.74, 6) is 0.530. The zero-order valence-electron chi connectivity index (χ0n) is 6.83. The van der Waals surface area contributed by atoms with Gasteiger partial charge in [-0.15, -0.1) is 0 Å². The predicted octanol–water partition coefficient (Wildman–Crippen LogP) is 1.38. The van der Waals surface area contributed by atoms with Gasteiger partial charge in [0.25, 0.3) is 0 Å². The third kappa shape index (κ3) is 1.54. The minimum absolute atomic E-state index is 0.0822. The summed E-state index contributed by atoms with van der Waals surface area (Å²) in [5.41, 5.74) is 6.59. The zero-order chi connectivity index (χ0) is 8.43. The largest absolute Gasteiger partial charge is 0.494 e. The Morgan fingerprint density at radius 3 is 2.55 bits per heavy atom. The first-order chi connectivity index (χ1) is 5.13. The molecular formula is C8H14N2O. The van der Waals surface area contributed by atoms with Crippen LogP contribution in [-0.4, -0.2) is 10.1 Å². The van der Waals surface area contributed by atoms with E-state index in [1.165, 1.54) is 0 Å². The van der Waals surface area contributed by atoms with Crippen LogP contribution in [-0.2, 0) is 0 Å². The fourth-order valence-corrected chi connectivity index (χ4v) is 1.00. The number of aromatic hydroxyl groups is 1. The molecule has 1 rings (SSSR count). The smallest absolute Gasteiger partial charge is 0.193 e. The first-order valence-electron chi connectivity index (χ1n) is 3.74. The Morgan fingerprint density at radius 2 is 2.18 bits per heavy atom. The highest BCUT2D eigenvalue weighted by Gasteiger charge is 2.14. The van der Waals surface area contributed by atoms with Gasteiger partial charge in [-0.1, -0.05) is 13.8 Å². The molecule has 0 unspecified atom stereocenters. The van der Waals surface area contributed by atoms with Crippen molar-refractivity contribution in [1.29, 1.82) is 0 Å². The molecule has 0 aliphatic rings. The van der Waals surface area contributed by atoms with Crippen molar-refractivity contribution in [2.75, 3.05) is 0 Å². The second kappa shape index (κ2) is 2.96. The van der Waals surface area contributed by atoms with E-state index in [2.05, 4.69) is 4.98 Å². The molecule has 62 valence electrons. The molecule has 0 spiro atoms. The van der Waals surface area contributed by atoms with E-state index in [4.69, 9.17) is 5.73 Å². The molecule has 1 aromatic rings. The Balaban J connectivity index is 2.84. The quantitative estimate of drug-likeness (QED) is 0.602. The molecule has 3 nitrogen and oxygen atoms in total. The van der Waals surface area contributed by atoms with Crippen molar-refractivity contribution in [2.45, 2.75) is 19.9 Å². The van der Waals surface area contributed by atoms with Crippen molar-refractivity contribution < 1.29 is 5.11 Å². The van der Waals surface area contributed by atoms with Crippen LogP contribution >= 0.6 is 0 Å². The van der Waals surface area contributed by atoms with Crippen LogP contribution in [0.15, 0.2) is 12.3 Å². The summed E-state index contributed by atoms with van der Waals surface area (Å²) in [7, 11) is 0. The van der Waals surface area contributed by atoms with E-state index < -0.39 is 0 Å². The number of rotatable bonds is 2. The molecule has 0 aromatic carbocycles. The number of aromatic amines is 1. The maximum atomic E-state index is 9.23. The molecule has 0 saturated carbocycles. The predicted molar refractivity (Wildman–Crippen MR) is 44.2 cm³/mol. The number of aromatic nitrogens is 1. The van der Waals surface area contributed by atoms with Crippen LogP contribution in [0.2, 0.25) is 0 Å². The lowest BCUT2D eigenvalue weighted by molar-refractivity contribution is 0.428. The first-order valence-corrected chi connectivity index (χ1v) is 3.74. The fourth-order valence-electron chi connectivity index (χ4n) is 1.00. The van der Waals surface area contributed by atoms with Crippen LogP contribution in [0.5, 0.6) is 5.88 Å². The van der Waals surface area contributed by atoms with Gasteiger partial charge in [0, 0.05) is 17.8 Å². The molecule has 0 aliphatic carbocycles. The zero-order valence-corrected chi connectivity index (χ0v) is 6.83. The Kier molecular flexibility index (Phi) is 2.19. The summed E-state index contributed by atoms with van der Waals surface area (Å²) in [5, 5.41) is 9.23. The lowest BCUT2D eigenvalue weighted by atomic mass is 9.99. The highest BCUT2D eigenvalue weighted by Crippen LogP contribution is 2.25. The van der Waals surface area contributed by atoms with Crippen LogP contribution in [0, 0.1) is 5.92 Å². The van der Waals surface area contributed by atoms with E-state index in [1.54, 1.807) is 12.3 Å². The van der Waals surface area contributed by atoms with Gasteiger partial charge in [0.1, 0.15) is 0 Å². The molecule has 4 N–H and O–H groups in total. The van der Waals surface area contributed by atoms with Crippen LogP contribution in [0.25, 0.3) is 0 Å². The number of H-pyrrole nitrogens is 1. The molecule has 0 radical (unpaired) electrons. The lowest BCUT2D eigenvalue weighted by Crippen LogP contribution is -2.15. The first kappa shape index (κ1) is 8.14. The van der Waals surface area contributed by atoms with Crippen molar-refractivity contribution in [3.63, 3.8) is 0 Å². The van der Waals surface area contributed by atoms with E-state index in [1.807, 2.05) is 13.8 Å². The number of nitrogens with two attached hydrogens (primary N) is 1. The normalized spacial score (nSPS) is 13.8. The second-order valence-electron chi connectivity index (χ2n) is 3.05. The summed E-state index contributed by atoms with van der Waals surface area (Å²) < 4.78 is 0. The van der Waals surface area contributed by atoms with Gasteiger partial charge in [-0.2, -0.15) is 0 Å². The van der Waals surface area contributed by atoms with E-state index in [0.717, 1.165) is 5.56 Å². The van der Waals surface area contributed by atoms with Gasteiger partial charge >= 0.3 is 0 Å². The van der Waals surface area contributed by atoms with E-state index in [0.29, 0.717) is 5.92 Å². The van der Waals surface area contributed by atoms with Crippen molar-refractivity contribution in [2.24, 2.45) is 11.7 Å². The highest BCUT2D eigenvalue weighted by atomic mass is 16.3. The van der Waals surface area contributed by atoms with E-state index >= 15 is 0 Å². The topological polar surface area (TPSA) is 62.0 Å². The van der Waals surface area contributed by atoms with Gasteiger partial charge in [-0.25, -0.2) is 0 Å². The number of hydrogen-bond donors (Lipinski definition) is 3. The third-order valence-corrected chi connectivity index (χ3v) is 1.83. The van der Waals surface area contributed by atoms with Gasteiger partial charge in [0.2, 0.25) is 0 Å². The van der Waals surface area contributed by atoms with E-state index in [-0.39, 0.29) is 11.9 Å². The van der Waals surface area contributed by atoms with Crippen molar-refractivity contribution >= 4 is 0 Å². The summed E-state index contributed by atoms with van der Waals surface area (Å²) in [4.78, 5) is 2.68. The molecular weight excluding hydrogens is 140 g/mol. The number of nitrogens with one attached hydrogen (secondary N) is 1. The van der Waals surface area contributed by atoms with Gasteiger partial charge in [-0.3, -0.25) is 0 Å². The summed E-state index contributed by atoms with van der Waals surface area (Å²) in [6, 6.07) is 1.72. The van der Waals surface area contributed by atoms with Gasteiger partial charge in [0.15, 0.2) is 5.88 Å². The maximum absolute atomic E-state index is 9.23. The van der Waals surface area contributed by atoms with Gasteiger partial charge < -0.3 is 15.8 Å². The van der Waals surface area contributed by atoms with Crippen LogP contribution in [0.4, 0.5) is 0 Å². The highest BCUT2D eigenvalue weighted by molar-refractivity contribution is 5.28. The molecule has 0 saturated heterocycles. The van der Waals surface area contributed by atoms with E-state index in [9.17, 15) is 5.11 Å². The van der Waals surface area contributed by atoms with Crippen LogP contribution in [0.3, 0.4) is 0 Å². The molecule has 0 bridgehead atoms. The second-order valence-corrected chi connectivity index (χ2v) is 3.05. The lowest BCUT2D eigenvalue weighted by Gasteiger charge is -2.13. The van der Waals surface area contributed by atoms with Crippen molar-refractivity contribution in [1.82, 2.24) is 4.98 Å².